The molecule has 0 atom stereocenters. The van der Waals surface area contributed by atoms with Crippen LogP contribution in [0.3, 0.4) is 0 Å². The lowest BCUT2D eigenvalue weighted by atomic mass is 9.70. The summed E-state index contributed by atoms with van der Waals surface area (Å²) in [6, 6.07) is 11.8. The number of benzene rings is 2. The van der Waals surface area contributed by atoms with E-state index in [-0.39, 0.29) is 17.0 Å². The van der Waals surface area contributed by atoms with Crippen molar-refractivity contribution in [3.05, 3.63) is 69.7 Å². The molecule has 0 radical (unpaired) electrons. The highest BCUT2D eigenvalue weighted by atomic mass is 79.9. The van der Waals surface area contributed by atoms with Gasteiger partial charge >= 0.3 is 0 Å². The highest BCUT2D eigenvalue weighted by molar-refractivity contribution is 9.10. The van der Waals surface area contributed by atoms with Gasteiger partial charge < -0.3 is 5.32 Å². The Morgan fingerprint density at radius 2 is 1.80 bits per heavy atom. The lowest BCUT2D eigenvalue weighted by Gasteiger charge is -2.43. The molecular formula is C16H14BrF2N. The van der Waals surface area contributed by atoms with Gasteiger partial charge in [0.05, 0.1) is 0 Å². The molecule has 1 N–H and O–H groups in total. The summed E-state index contributed by atoms with van der Waals surface area (Å²) in [5.41, 5.74) is 0.944. The summed E-state index contributed by atoms with van der Waals surface area (Å²) in [4.78, 5) is 0. The molecule has 1 nitrogen and oxygen atoms in total. The minimum Gasteiger partial charge on any atom is -0.315 e. The van der Waals surface area contributed by atoms with Crippen LogP contribution in [0.15, 0.2) is 46.9 Å². The van der Waals surface area contributed by atoms with Crippen LogP contribution in [0.1, 0.15) is 11.1 Å². The minimum atomic E-state index is -0.347. The summed E-state index contributed by atoms with van der Waals surface area (Å²) < 4.78 is 28.8. The summed E-state index contributed by atoms with van der Waals surface area (Å²) >= 11 is 3.25. The van der Waals surface area contributed by atoms with Gasteiger partial charge in [0.2, 0.25) is 0 Å². The zero-order valence-corrected chi connectivity index (χ0v) is 12.4. The Kier molecular flexibility index (Phi) is 3.61. The number of hydrogen-bond donors (Lipinski definition) is 1. The standard InChI is InChI=1S/C16H14BrF2N/c17-12-6-5-11(15(19)7-12)8-16(9-20-10-16)13-3-1-2-4-14(13)18/h1-7,20H,8-10H2. The summed E-state index contributed by atoms with van der Waals surface area (Å²) in [5.74, 6) is -0.464. The molecule has 4 heteroatoms. The van der Waals surface area contributed by atoms with Gasteiger partial charge in [0.15, 0.2) is 0 Å². The van der Waals surface area contributed by atoms with Crippen molar-refractivity contribution in [2.24, 2.45) is 0 Å². The molecule has 104 valence electrons. The molecule has 3 rings (SSSR count). The van der Waals surface area contributed by atoms with E-state index in [0.29, 0.717) is 35.1 Å². The van der Waals surface area contributed by atoms with E-state index in [2.05, 4.69) is 21.2 Å². The maximum absolute atomic E-state index is 14.0. The molecule has 0 amide bonds. The largest absolute Gasteiger partial charge is 0.315 e. The van der Waals surface area contributed by atoms with Crippen molar-refractivity contribution in [2.45, 2.75) is 11.8 Å². The highest BCUT2D eigenvalue weighted by Crippen LogP contribution is 2.35. The fourth-order valence-electron chi connectivity index (χ4n) is 2.76. The topological polar surface area (TPSA) is 12.0 Å². The molecule has 2 aromatic carbocycles. The summed E-state index contributed by atoms with van der Waals surface area (Å²) in [7, 11) is 0. The highest BCUT2D eigenvalue weighted by Gasteiger charge is 2.41. The molecule has 0 aliphatic carbocycles. The Labute approximate surface area is 125 Å². The van der Waals surface area contributed by atoms with Crippen molar-refractivity contribution in [1.29, 1.82) is 0 Å². The molecule has 0 bridgehead atoms. The van der Waals surface area contributed by atoms with Crippen LogP contribution in [0.2, 0.25) is 0 Å². The van der Waals surface area contributed by atoms with E-state index in [4.69, 9.17) is 0 Å². The van der Waals surface area contributed by atoms with Crippen LogP contribution in [0, 0.1) is 11.6 Å². The normalized spacial score (nSPS) is 16.8. The molecule has 2 aromatic rings. The number of nitrogens with one attached hydrogen (secondary N) is 1. The Hall–Kier alpha value is -1.26. The van der Waals surface area contributed by atoms with Crippen molar-refractivity contribution in [1.82, 2.24) is 5.32 Å². The van der Waals surface area contributed by atoms with Gasteiger partial charge in [-0.1, -0.05) is 40.2 Å². The molecule has 0 spiro atoms. The maximum atomic E-state index is 14.0. The molecule has 1 aliphatic rings. The van der Waals surface area contributed by atoms with E-state index in [0.717, 1.165) is 0 Å². The van der Waals surface area contributed by atoms with Gasteiger partial charge in [0.25, 0.3) is 0 Å². The first-order valence-electron chi connectivity index (χ1n) is 6.50. The predicted molar refractivity (Wildman–Crippen MR) is 78.8 cm³/mol. The SMILES string of the molecule is Fc1cc(Br)ccc1CC1(c2ccccc2F)CNC1. The second-order valence-electron chi connectivity index (χ2n) is 5.28. The van der Waals surface area contributed by atoms with Gasteiger partial charge in [-0.15, -0.1) is 0 Å². The van der Waals surface area contributed by atoms with Crippen LogP contribution in [-0.4, -0.2) is 13.1 Å². The second-order valence-corrected chi connectivity index (χ2v) is 6.19. The van der Waals surface area contributed by atoms with Crippen LogP contribution >= 0.6 is 15.9 Å². The first kappa shape index (κ1) is 13.7. The van der Waals surface area contributed by atoms with Crippen LogP contribution in [-0.2, 0) is 11.8 Å². The third kappa shape index (κ3) is 2.38. The Morgan fingerprint density at radius 1 is 1.05 bits per heavy atom. The van der Waals surface area contributed by atoms with E-state index in [9.17, 15) is 8.78 Å². The fourth-order valence-corrected chi connectivity index (χ4v) is 3.09. The smallest absolute Gasteiger partial charge is 0.127 e. The first-order chi connectivity index (χ1) is 9.61. The monoisotopic (exact) mass is 337 g/mol. The fraction of sp³-hybridized carbons (Fsp3) is 0.250. The van der Waals surface area contributed by atoms with Crippen LogP contribution in [0.25, 0.3) is 0 Å². The maximum Gasteiger partial charge on any atom is 0.127 e. The molecule has 20 heavy (non-hydrogen) atoms. The second kappa shape index (κ2) is 5.26. The lowest BCUT2D eigenvalue weighted by Crippen LogP contribution is -2.58. The summed E-state index contributed by atoms with van der Waals surface area (Å²) in [6.07, 6.45) is 0.500. The van der Waals surface area contributed by atoms with Gasteiger partial charge in [0, 0.05) is 23.0 Å². The third-order valence-electron chi connectivity index (χ3n) is 3.92. The molecule has 1 fully saturated rings. The zero-order valence-electron chi connectivity index (χ0n) is 10.8. The van der Waals surface area contributed by atoms with Gasteiger partial charge in [-0.2, -0.15) is 0 Å². The molecule has 0 aromatic heterocycles. The molecule has 1 heterocycles. The lowest BCUT2D eigenvalue weighted by molar-refractivity contribution is 0.263. The van der Waals surface area contributed by atoms with E-state index in [1.807, 2.05) is 12.1 Å². The Morgan fingerprint density at radius 3 is 2.40 bits per heavy atom. The van der Waals surface area contributed by atoms with Crippen molar-refractivity contribution in [3.8, 4) is 0 Å². The Bertz CT molecular complexity index is 638. The first-order valence-corrected chi connectivity index (χ1v) is 7.30. The van der Waals surface area contributed by atoms with Gasteiger partial charge in [0.1, 0.15) is 11.6 Å². The van der Waals surface area contributed by atoms with Crippen molar-refractivity contribution in [3.63, 3.8) is 0 Å². The quantitative estimate of drug-likeness (QED) is 0.897. The Balaban J connectivity index is 1.96. The van der Waals surface area contributed by atoms with E-state index >= 15 is 0 Å². The third-order valence-corrected chi connectivity index (χ3v) is 4.41. The molecule has 1 saturated heterocycles. The van der Waals surface area contributed by atoms with Crippen LogP contribution in [0.4, 0.5) is 8.78 Å². The number of rotatable bonds is 3. The summed E-state index contributed by atoms with van der Waals surface area (Å²) in [6.45, 7) is 1.34. The molecule has 1 aliphatic heterocycles. The molecule has 0 saturated carbocycles. The summed E-state index contributed by atoms with van der Waals surface area (Å²) in [5, 5.41) is 3.18. The average Bonchev–Trinajstić information content (AvgIpc) is 2.37. The number of halogens is 3. The van der Waals surface area contributed by atoms with E-state index < -0.39 is 0 Å². The molecular weight excluding hydrogens is 324 g/mol. The van der Waals surface area contributed by atoms with Crippen LogP contribution in [0.5, 0.6) is 0 Å². The van der Waals surface area contributed by atoms with Gasteiger partial charge in [-0.05, 0) is 35.7 Å². The van der Waals surface area contributed by atoms with Gasteiger partial charge in [-0.3, -0.25) is 0 Å². The van der Waals surface area contributed by atoms with Gasteiger partial charge in [-0.25, -0.2) is 8.78 Å². The molecule has 0 unspecified atom stereocenters. The predicted octanol–water partition coefficient (Wildman–Crippen LogP) is 3.81. The average molecular weight is 338 g/mol. The zero-order chi connectivity index (χ0) is 14.2. The van der Waals surface area contributed by atoms with Crippen molar-refractivity contribution in [2.75, 3.05) is 13.1 Å². The number of hydrogen-bond acceptors (Lipinski definition) is 1. The van der Waals surface area contributed by atoms with Crippen molar-refractivity contribution >= 4 is 15.9 Å². The van der Waals surface area contributed by atoms with Crippen LogP contribution < -0.4 is 5.32 Å². The van der Waals surface area contributed by atoms with E-state index in [1.165, 1.54) is 12.1 Å². The van der Waals surface area contributed by atoms with Crippen molar-refractivity contribution < 1.29 is 8.78 Å². The van der Waals surface area contributed by atoms with E-state index in [1.54, 1.807) is 18.2 Å². The minimum absolute atomic E-state index is 0.216.